The van der Waals surface area contributed by atoms with Crippen molar-refractivity contribution in [3.05, 3.63) is 72.5 Å². The molecule has 1 amide bonds. The molecule has 2 rings (SSSR count). The van der Waals surface area contributed by atoms with Crippen LogP contribution in [0.5, 0.6) is 5.75 Å². The molecule has 0 aliphatic rings. The number of nitrogens with one attached hydrogen (secondary N) is 1. The molecular formula is C17H17NO2. The number of carbonyl (C=O) groups excluding carboxylic acids is 1. The molecule has 0 saturated heterocycles. The number of amides is 1. The van der Waals surface area contributed by atoms with Gasteiger partial charge in [0, 0.05) is 5.69 Å². The van der Waals surface area contributed by atoms with E-state index in [2.05, 4.69) is 5.32 Å². The first kappa shape index (κ1) is 13.9. The zero-order valence-corrected chi connectivity index (χ0v) is 11.4. The third kappa shape index (κ3) is 3.99. The van der Waals surface area contributed by atoms with Crippen molar-refractivity contribution in [3.8, 4) is 5.75 Å². The van der Waals surface area contributed by atoms with Gasteiger partial charge in [0.25, 0.3) is 5.91 Å². The van der Waals surface area contributed by atoms with Crippen molar-refractivity contribution in [3.63, 3.8) is 0 Å². The van der Waals surface area contributed by atoms with E-state index in [9.17, 15) is 4.79 Å². The maximum Gasteiger partial charge on any atom is 0.254 e. The molecule has 0 aromatic heterocycles. The quantitative estimate of drug-likeness (QED) is 0.657. The molecule has 1 N–H and O–H groups in total. The summed E-state index contributed by atoms with van der Waals surface area (Å²) in [5.74, 6) is 0.570. The summed E-state index contributed by atoms with van der Waals surface area (Å²) in [6.45, 7) is 1.92. The summed E-state index contributed by atoms with van der Waals surface area (Å²) in [5.41, 5.74) is 1.37. The van der Waals surface area contributed by atoms with E-state index in [4.69, 9.17) is 4.74 Å². The van der Waals surface area contributed by atoms with Crippen LogP contribution in [-0.2, 0) is 4.79 Å². The summed E-state index contributed by atoms with van der Waals surface area (Å²) in [6.07, 6.45) is 2.11. The molecule has 3 heteroatoms. The number of anilines is 1. The Labute approximate surface area is 118 Å². The van der Waals surface area contributed by atoms with E-state index in [1.54, 1.807) is 0 Å². The standard InChI is InChI=1S/C17H17NO2/c1-2-14(13-20-16-11-7-4-8-12-16)17(19)18-15-9-5-3-6-10-15/h3-13H,2H2,1H3,(H,18,19). The van der Waals surface area contributed by atoms with Crippen molar-refractivity contribution in [2.45, 2.75) is 13.3 Å². The van der Waals surface area contributed by atoms with Crippen molar-refractivity contribution in [1.82, 2.24) is 0 Å². The minimum Gasteiger partial charge on any atom is -0.465 e. The van der Waals surface area contributed by atoms with Crippen LogP contribution in [-0.4, -0.2) is 5.91 Å². The van der Waals surface area contributed by atoms with Crippen LogP contribution in [0.3, 0.4) is 0 Å². The first-order valence-corrected chi connectivity index (χ1v) is 6.56. The highest BCUT2D eigenvalue weighted by Crippen LogP contribution is 2.13. The Hall–Kier alpha value is -2.55. The van der Waals surface area contributed by atoms with Crippen LogP contribution in [0.4, 0.5) is 5.69 Å². The number of hydrogen-bond acceptors (Lipinski definition) is 2. The molecule has 0 unspecified atom stereocenters. The highest BCUT2D eigenvalue weighted by atomic mass is 16.5. The Morgan fingerprint density at radius 1 is 1.05 bits per heavy atom. The Morgan fingerprint density at radius 3 is 2.25 bits per heavy atom. The normalized spacial score (nSPS) is 10.9. The van der Waals surface area contributed by atoms with Crippen molar-refractivity contribution in [2.75, 3.05) is 5.32 Å². The average Bonchev–Trinajstić information content (AvgIpc) is 2.50. The summed E-state index contributed by atoms with van der Waals surface area (Å²) < 4.78 is 5.49. The summed E-state index contributed by atoms with van der Waals surface area (Å²) in [4.78, 5) is 12.1. The number of ether oxygens (including phenoxy) is 1. The molecule has 0 saturated carbocycles. The SMILES string of the molecule is CCC(=COc1ccccc1)C(=O)Nc1ccccc1. The lowest BCUT2D eigenvalue weighted by atomic mass is 10.2. The summed E-state index contributed by atoms with van der Waals surface area (Å²) >= 11 is 0. The molecule has 0 radical (unpaired) electrons. The summed E-state index contributed by atoms with van der Waals surface area (Å²) in [6, 6.07) is 18.8. The van der Waals surface area contributed by atoms with Gasteiger partial charge in [-0.3, -0.25) is 4.79 Å². The molecule has 20 heavy (non-hydrogen) atoms. The fourth-order valence-electron chi connectivity index (χ4n) is 1.67. The van der Waals surface area contributed by atoms with Crippen molar-refractivity contribution >= 4 is 11.6 Å². The molecule has 0 atom stereocenters. The Balaban J connectivity index is 2.02. The lowest BCUT2D eigenvalue weighted by Gasteiger charge is -2.07. The van der Waals surface area contributed by atoms with Gasteiger partial charge >= 0.3 is 0 Å². The zero-order valence-electron chi connectivity index (χ0n) is 11.4. The maximum absolute atomic E-state index is 12.1. The molecule has 3 nitrogen and oxygen atoms in total. The molecular weight excluding hydrogens is 250 g/mol. The van der Waals surface area contributed by atoms with Crippen LogP contribution in [0.25, 0.3) is 0 Å². The molecule has 0 aliphatic carbocycles. The fraction of sp³-hybridized carbons (Fsp3) is 0.118. The maximum atomic E-state index is 12.1. The van der Waals surface area contributed by atoms with Crippen LogP contribution in [0.1, 0.15) is 13.3 Å². The second-order valence-corrected chi connectivity index (χ2v) is 4.25. The number of hydrogen-bond donors (Lipinski definition) is 1. The highest BCUT2D eigenvalue weighted by molar-refractivity contribution is 6.03. The van der Waals surface area contributed by atoms with Crippen molar-refractivity contribution in [2.24, 2.45) is 0 Å². The first-order valence-electron chi connectivity index (χ1n) is 6.56. The smallest absolute Gasteiger partial charge is 0.254 e. The Kier molecular flexibility index (Phi) is 4.95. The number of rotatable bonds is 5. The molecule has 102 valence electrons. The van der Waals surface area contributed by atoms with E-state index in [0.717, 1.165) is 5.69 Å². The van der Waals surface area contributed by atoms with Gasteiger partial charge in [-0.1, -0.05) is 43.3 Å². The van der Waals surface area contributed by atoms with Gasteiger partial charge in [0.2, 0.25) is 0 Å². The van der Waals surface area contributed by atoms with E-state index in [-0.39, 0.29) is 5.91 Å². The van der Waals surface area contributed by atoms with Crippen molar-refractivity contribution in [1.29, 1.82) is 0 Å². The van der Waals surface area contributed by atoms with Crippen molar-refractivity contribution < 1.29 is 9.53 Å². The minimum absolute atomic E-state index is 0.144. The highest BCUT2D eigenvalue weighted by Gasteiger charge is 2.08. The number of benzene rings is 2. The van der Waals surface area contributed by atoms with Gasteiger partial charge in [0.05, 0.1) is 11.8 Å². The van der Waals surface area contributed by atoms with Crippen LogP contribution >= 0.6 is 0 Å². The molecule has 0 aliphatic heterocycles. The molecule has 0 heterocycles. The molecule has 2 aromatic rings. The molecule has 0 fully saturated rings. The Bertz CT molecular complexity index is 576. The Morgan fingerprint density at radius 2 is 1.65 bits per heavy atom. The van der Waals surface area contributed by atoms with Gasteiger partial charge in [-0.05, 0) is 30.7 Å². The van der Waals surface area contributed by atoms with Gasteiger partial charge in [-0.25, -0.2) is 0 Å². The second-order valence-electron chi connectivity index (χ2n) is 4.25. The minimum atomic E-state index is -0.144. The first-order chi connectivity index (χ1) is 9.79. The van der Waals surface area contributed by atoms with E-state index < -0.39 is 0 Å². The predicted molar refractivity (Wildman–Crippen MR) is 80.5 cm³/mol. The second kappa shape index (κ2) is 7.14. The predicted octanol–water partition coefficient (Wildman–Crippen LogP) is 4.00. The van der Waals surface area contributed by atoms with Gasteiger partial charge in [-0.2, -0.15) is 0 Å². The lowest BCUT2D eigenvalue weighted by molar-refractivity contribution is -0.113. The zero-order chi connectivity index (χ0) is 14.2. The largest absolute Gasteiger partial charge is 0.465 e. The van der Waals surface area contributed by atoms with Crippen LogP contribution in [0, 0.1) is 0 Å². The van der Waals surface area contributed by atoms with E-state index in [0.29, 0.717) is 17.7 Å². The third-order valence-electron chi connectivity index (χ3n) is 2.78. The molecule has 2 aromatic carbocycles. The van der Waals surface area contributed by atoms with Crippen LogP contribution in [0.15, 0.2) is 72.5 Å². The van der Waals surface area contributed by atoms with Gasteiger partial charge in [0.15, 0.2) is 0 Å². The van der Waals surface area contributed by atoms with E-state index in [1.165, 1.54) is 6.26 Å². The van der Waals surface area contributed by atoms with Crippen LogP contribution < -0.4 is 10.1 Å². The third-order valence-corrected chi connectivity index (χ3v) is 2.78. The fourth-order valence-corrected chi connectivity index (χ4v) is 1.67. The topological polar surface area (TPSA) is 38.3 Å². The van der Waals surface area contributed by atoms with E-state index in [1.807, 2.05) is 67.6 Å². The lowest BCUT2D eigenvalue weighted by Crippen LogP contribution is -2.14. The average molecular weight is 267 g/mol. The summed E-state index contributed by atoms with van der Waals surface area (Å²) in [7, 11) is 0. The number of para-hydroxylation sites is 2. The van der Waals surface area contributed by atoms with Crippen LogP contribution in [0.2, 0.25) is 0 Å². The van der Waals surface area contributed by atoms with Gasteiger partial charge in [0.1, 0.15) is 5.75 Å². The van der Waals surface area contributed by atoms with Gasteiger partial charge in [-0.15, -0.1) is 0 Å². The summed E-state index contributed by atoms with van der Waals surface area (Å²) in [5, 5.41) is 2.84. The molecule has 0 spiro atoms. The van der Waals surface area contributed by atoms with Gasteiger partial charge < -0.3 is 10.1 Å². The van der Waals surface area contributed by atoms with E-state index >= 15 is 0 Å². The number of carbonyl (C=O) groups is 1. The molecule has 0 bridgehead atoms. The monoisotopic (exact) mass is 267 g/mol.